The van der Waals surface area contributed by atoms with Crippen molar-refractivity contribution in [3.05, 3.63) is 25.3 Å². The maximum absolute atomic E-state index is 10.8. The van der Waals surface area contributed by atoms with Crippen LogP contribution in [-0.2, 0) is 9.59 Å². The van der Waals surface area contributed by atoms with Crippen LogP contribution in [0.25, 0.3) is 0 Å². The number of carbonyl (C=O) groups excluding carboxylic acids is 2. The summed E-state index contributed by atoms with van der Waals surface area (Å²) in [5, 5.41) is 0. The number of likely N-dealkylation sites (N-methyl/N-ethyl adjacent to an activating group) is 2. The van der Waals surface area contributed by atoms with Gasteiger partial charge in [-0.05, 0) is 32.9 Å². The molecular formula is C13H24N2O2. The maximum Gasteiger partial charge on any atom is 0.245 e. The summed E-state index contributed by atoms with van der Waals surface area (Å²) in [5.74, 6) is -0.00694. The van der Waals surface area contributed by atoms with Gasteiger partial charge in [0, 0.05) is 26.7 Å². The van der Waals surface area contributed by atoms with E-state index < -0.39 is 0 Å². The van der Waals surface area contributed by atoms with Gasteiger partial charge in [0.15, 0.2) is 0 Å². The first-order valence-corrected chi connectivity index (χ1v) is 5.77. The largest absolute Gasteiger partial charge is 0.343 e. The van der Waals surface area contributed by atoms with E-state index in [9.17, 15) is 9.59 Å². The van der Waals surface area contributed by atoms with E-state index in [2.05, 4.69) is 13.2 Å². The van der Waals surface area contributed by atoms with Gasteiger partial charge in [-0.25, -0.2) is 0 Å². The van der Waals surface area contributed by atoms with Crippen LogP contribution in [0, 0.1) is 0 Å². The Morgan fingerprint density at radius 3 is 1.47 bits per heavy atom. The molecule has 0 unspecified atom stereocenters. The van der Waals surface area contributed by atoms with Crippen LogP contribution in [0.3, 0.4) is 0 Å². The highest BCUT2D eigenvalue weighted by molar-refractivity contribution is 5.87. The van der Waals surface area contributed by atoms with Crippen molar-refractivity contribution in [3.63, 3.8) is 0 Å². The Balaban J connectivity index is 0. The van der Waals surface area contributed by atoms with E-state index in [1.165, 1.54) is 12.2 Å². The van der Waals surface area contributed by atoms with Gasteiger partial charge in [0.05, 0.1) is 0 Å². The van der Waals surface area contributed by atoms with Gasteiger partial charge in [-0.2, -0.15) is 0 Å². The first-order valence-electron chi connectivity index (χ1n) is 5.77. The highest BCUT2D eigenvalue weighted by atomic mass is 16.2. The number of carbonyl (C=O) groups is 2. The molecule has 0 saturated carbocycles. The Labute approximate surface area is 105 Å². The molecule has 0 N–H and O–H groups in total. The first kappa shape index (κ1) is 17.8. The monoisotopic (exact) mass is 240 g/mol. The summed E-state index contributed by atoms with van der Waals surface area (Å²) in [4.78, 5) is 24.6. The van der Waals surface area contributed by atoms with E-state index in [0.29, 0.717) is 0 Å². The third kappa shape index (κ3) is 8.25. The van der Waals surface area contributed by atoms with Crippen LogP contribution in [0.2, 0.25) is 0 Å². The van der Waals surface area contributed by atoms with Crippen LogP contribution in [0.1, 0.15) is 20.8 Å². The fourth-order valence-corrected chi connectivity index (χ4v) is 0.976. The molecule has 98 valence electrons. The topological polar surface area (TPSA) is 40.6 Å². The molecule has 0 aromatic heterocycles. The van der Waals surface area contributed by atoms with E-state index in [1.54, 1.807) is 16.8 Å². The van der Waals surface area contributed by atoms with Crippen LogP contribution in [-0.4, -0.2) is 48.3 Å². The second-order valence-corrected chi connectivity index (χ2v) is 3.27. The highest BCUT2D eigenvalue weighted by Gasteiger charge is 2.01. The average Bonchev–Trinajstić information content (AvgIpc) is 2.38. The zero-order valence-corrected chi connectivity index (χ0v) is 11.4. The Morgan fingerprint density at radius 1 is 0.941 bits per heavy atom. The van der Waals surface area contributed by atoms with Gasteiger partial charge < -0.3 is 9.80 Å². The SMILES string of the molecule is C=CC(=O)N(C)CC.C=CC(=O)N(CC)CC. The molecule has 0 radical (unpaired) electrons. The molecule has 4 heteroatoms. The smallest absolute Gasteiger partial charge is 0.245 e. The molecule has 0 heterocycles. The van der Waals surface area contributed by atoms with E-state index in [0.717, 1.165) is 19.6 Å². The van der Waals surface area contributed by atoms with Crippen molar-refractivity contribution in [2.75, 3.05) is 26.7 Å². The summed E-state index contributed by atoms with van der Waals surface area (Å²) in [6.45, 7) is 14.8. The summed E-state index contributed by atoms with van der Waals surface area (Å²) < 4.78 is 0. The minimum atomic E-state index is -0.0208. The van der Waals surface area contributed by atoms with Crippen molar-refractivity contribution in [1.29, 1.82) is 0 Å². The molecular weight excluding hydrogens is 216 g/mol. The fraction of sp³-hybridized carbons (Fsp3) is 0.538. The molecule has 0 aliphatic carbocycles. The quantitative estimate of drug-likeness (QED) is 0.686. The summed E-state index contributed by atoms with van der Waals surface area (Å²) in [7, 11) is 1.74. The lowest BCUT2D eigenvalue weighted by Crippen LogP contribution is -2.28. The molecule has 0 rings (SSSR count). The Bertz CT molecular complexity index is 258. The molecule has 2 amide bonds. The average molecular weight is 240 g/mol. The van der Waals surface area contributed by atoms with Crippen molar-refractivity contribution < 1.29 is 9.59 Å². The third-order valence-corrected chi connectivity index (χ3v) is 2.27. The van der Waals surface area contributed by atoms with E-state index in [-0.39, 0.29) is 11.8 Å². The predicted octanol–water partition coefficient (Wildman–Crippen LogP) is 1.69. The van der Waals surface area contributed by atoms with E-state index in [4.69, 9.17) is 0 Å². The summed E-state index contributed by atoms with van der Waals surface area (Å²) in [6, 6.07) is 0. The van der Waals surface area contributed by atoms with Crippen LogP contribution in [0.4, 0.5) is 0 Å². The lowest BCUT2D eigenvalue weighted by molar-refractivity contribution is -0.126. The maximum atomic E-state index is 10.8. The summed E-state index contributed by atoms with van der Waals surface area (Å²) >= 11 is 0. The lowest BCUT2D eigenvalue weighted by Gasteiger charge is -2.15. The minimum absolute atomic E-state index is 0.0139. The molecule has 0 aliphatic heterocycles. The van der Waals surface area contributed by atoms with Gasteiger partial charge >= 0.3 is 0 Å². The van der Waals surface area contributed by atoms with Crippen molar-refractivity contribution in [1.82, 2.24) is 9.80 Å². The molecule has 0 atom stereocenters. The number of nitrogens with zero attached hydrogens (tertiary/aromatic N) is 2. The zero-order valence-electron chi connectivity index (χ0n) is 11.4. The normalized spacial score (nSPS) is 8.47. The highest BCUT2D eigenvalue weighted by Crippen LogP contribution is 1.87. The lowest BCUT2D eigenvalue weighted by atomic mass is 10.4. The third-order valence-electron chi connectivity index (χ3n) is 2.27. The van der Waals surface area contributed by atoms with Crippen LogP contribution in [0.5, 0.6) is 0 Å². The molecule has 0 fully saturated rings. The molecule has 0 aliphatic rings. The molecule has 17 heavy (non-hydrogen) atoms. The molecule has 0 bridgehead atoms. The molecule has 0 aromatic carbocycles. The second kappa shape index (κ2) is 10.9. The Hall–Kier alpha value is -1.58. The molecule has 0 aromatic rings. The Kier molecular flexibility index (Phi) is 11.4. The molecule has 0 spiro atoms. The zero-order chi connectivity index (χ0) is 13.8. The number of hydrogen-bond donors (Lipinski definition) is 0. The van der Waals surface area contributed by atoms with Gasteiger partial charge in [-0.15, -0.1) is 0 Å². The van der Waals surface area contributed by atoms with Gasteiger partial charge in [0.2, 0.25) is 11.8 Å². The van der Waals surface area contributed by atoms with E-state index in [1.807, 2.05) is 20.8 Å². The predicted molar refractivity (Wildman–Crippen MR) is 71.6 cm³/mol. The van der Waals surface area contributed by atoms with Crippen molar-refractivity contribution >= 4 is 11.8 Å². The van der Waals surface area contributed by atoms with E-state index >= 15 is 0 Å². The summed E-state index contributed by atoms with van der Waals surface area (Å²) in [6.07, 6.45) is 2.65. The van der Waals surface area contributed by atoms with Gasteiger partial charge in [0.1, 0.15) is 0 Å². The van der Waals surface area contributed by atoms with Crippen molar-refractivity contribution in [3.8, 4) is 0 Å². The van der Waals surface area contributed by atoms with Gasteiger partial charge in [0.25, 0.3) is 0 Å². The van der Waals surface area contributed by atoms with Crippen LogP contribution >= 0.6 is 0 Å². The van der Waals surface area contributed by atoms with Crippen LogP contribution < -0.4 is 0 Å². The summed E-state index contributed by atoms with van der Waals surface area (Å²) in [5.41, 5.74) is 0. The number of rotatable bonds is 5. The van der Waals surface area contributed by atoms with Gasteiger partial charge in [-0.1, -0.05) is 13.2 Å². The standard InChI is InChI=1S/C7H13NO.C6H11NO/c1-4-7(9)8(5-2)6-3;1-4-6(8)7(3)5-2/h4H,1,5-6H2,2-3H3;4H,1,5H2,2-3H3. The van der Waals surface area contributed by atoms with Crippen LogP contribution in [0.15, 0.2) is 25.3 Å². The first-order chi connectivity index (χ1) is 7.98. The molecule has 4 nitrogen and oxygen atoms in total. The van der Waals surface area contributed by atoms with Crippen molar-refractivity contribution in [2.45, 2.75) is 20.8 Å². The van der Waals surface area contributed by atoms with Crippen molar-refractivity contribution in [2.24, 2.45) is 0 Å². The fourth-order valence-electron chi connectivity index (χ4n) is 0.976. The molecule has 0 saturated heterocycles. The van der Waals surface area contributed by atoms with Gasteiger partial charge in [-0.3, -0.25) is 9.59 Å². The number of amides is 2. The minimum Gasteiger partial charge on any atom is -0.343 e. The number of hydrogen-bond acceptors (Lipinski definition) is 2. The second-order valence-electron chi connectivity index (χ2n) is 3.27. The Morgan fingerprint density at radius 2 is 1.35 bits per heavy atom.